The first-order chi connectivity index (χ1) is 8.18. The van der Waals surface area contributed by atoms with Crippen molar-refractivity contribution in [2.75, 3.05) is 0 Å². The zero-order valence-electron chi connectivity index (χ0n) is 9.19. The second-order valence-corrected chi connectivity index (χ2v) is 4.20. The molecule has 17 heavy (non-hydrogen) atoms. The molecular formula is C14H12ClNO. The molecule has 0 aliphatic heterocycles. The summed E-state index contributed by atoms with van der Waals surface area (Å²) in [6.07, 6.45) is 0.610. The van der Waals surface area contributed by atoms with Gasteiger partial charge in [0, 0.05) is 10.6 Å². The molecule has 2 nitrogen and oxygen atoms in total. The first kappa shape index (κ1) is 11.7. The molecule has 2 rings (SSSR count). The number of halogens is 1. The summed E-state index contributed by atoms with van der Waals surface area (Å²) in [7, 11) is 0. The lowest BCUT2D eigenvalue weighted by atomic mass is 9.99. The van der Waals surface area contributed by atoms with Crippen LogP contribution in [-0.4, -0.2) is 5.91 Å². The number of hydrogen-bond donors (Lipinski definition) is 1. The van der Waals surface area contributed by atoms with Gasteiger partial charge in [-0.2, -0.15) is 0 Å². The lowest BCUT2D eigenvalue weighted by molar-refractivity contribution is 0.0999. The highest BCUT2D eigenvalue weighted by atomic mass is 35.5. The van der Waals surface area contributed by atoms with Crippen LogP contribution in [-0.2, 0) is 6.42 Å². The molecule has 0 heterocycles. The third-order valence-electron chi connectivity index (χ3n) is 2.62. The molecule has 86 valence electrons. The molecule has 2 aromatic carbocycles. The van der Waals surface area contributed by atoms with Crippen LogP contribution in [0.5, 0.6) is 0 Å². The van der Waals surface area contributed by atoms with Crippen LogP contribution >= 0.6 is 11.6 Å². The molecule has 0 unspecified atom stereocenters. The predicted molar refractivity (Wildman–Crippen MR) is 69.2 cm³/mol. The quantitative estimate of drug-likeness (QED) is 0.888. The van der Waals surface area contributed by atoms with Crippen LogP contribution in [0.2, 0.25) is 5.02 Å². The van der Waals surface area contributed by atoms with Crippen molar-refractivity contribution in [3.8, 4) is 0 Å². The van der Waals surface area contributed by atoms with Crippen molar-refractivity contribution in [2.24, 2.45) is 5.73 Å². The van der Waals surface area contributed by atoms with E-state index >= 15 is 0 Å². The second-order valence-electron chi connectivity index (χ2n) is 3.79. The fraction of sp³-hybridized carbons (Fsp3) is 0.0714. The van der Waals surface area contributed by atoms with Crippen molar-refractivity contribution < 1.29 is 4.79 Å². The van der Waals surface area contributed by atoms with Crippen LogP contribution in [0.4, 0.5) is 0 Å². The Balaban J connectivity index is 2.37. The van der Waals surface area contributed by atoms with Gasteiger partial charge in [0.2, 0.25) is 5.91 Å². The average Bonchev–Trinajstić information content (AvgIpc) is 2.32. The van der Waals surface area contributed by atoms with Crippen molar-refractivity contribution in [3.63, 3.8) is 0 Å². The molecule has 2 aromatic rings. The van der Waals surface area contributed by atoms with Crippen molar-refractivity contribution in [3.05, 3.63) is 70.2 Å². The molecule has 3 heteroatoms. The Morgan fingerprint density at radius 1 is 1.00 bits per heavy atom. The number of nitrogens with two attached hydrogens (primary N) is 1. The molecule has 0 saturated carbocycles. The maximum Gasteiger partial charge on any atom is 0.248 e. The highest BCUT2D eigenvalue weighted by molar-refractivity contribution is 6.31. The minimum atomic E-state index is -0.410. The molecule has 2 N–H and O–H groups in total. The lowest BCUT2D eigenvalue weighted by Gasteiger charge is -2.07. The van der Waals surface area contributed by atoms with E-state index in [1.165, 1.54) is 0 Å². The van der Waals surface area contributed by atoms with Crippen molar-refractivity contribution >= 4 is 17.5 Å². The maximum absolute atomic E-state index is 11.3. The third-order valence-corrected chi connectivity index (χ3v) is 2.99. The summed E-state index contributed by atoms with van der Waals surface area (Å²) in [5.41, 5.74) is 7.77. The summed E-state index contributed by atoms with van der Waals surface area (Å²) >= 11 is 6.09. The molecule has 0 atom stereocenters. The lowest BCUT2D eigenvalue weighted by Crippen LogP contribution is -2.13. The van der Waals surface area contributed by atoms with Gasteiger partial charge in [0.1, 0.15) is 0 Å². The number of carbonyl (C=O) groups excluding carboxylic acids is 1. The summed E-state index contributed by atoms with van der Waals surface area (Å²) in [5.74, 6) is -0.410. The molecule has 0 spiro atoms. The molecule has 0 aromatic heterocycles. The van der Waals surface area contributed by atoms with Gasteiger partial charge in [0.05, 0.1) is 0 Å². The van der Waals surface area contributed by atoms with E-state index in [0.29, 0.717) is 17.0 Å². The second kappa shape index (κ2) is 5.02. The third kappa shape index (κ3) is 2.66. The molecule has 1 amide bonds. The predicted octanol–water partition coefficient (Wildman–Crippen LogP) is 3.03. The minimum Gasteiger partial charge on any atom is -0.366 e. The van der Waals surface area contributed by atoms with Crippen LogP contribution in [0.15, 0.2) is 48.5 Å². The Labute approximate surface area is 105 Å². The van der Waals surface area contributed by atoms with Gasteiger partial charge < -0.3 is 5.73 Å². The molecular weight excluding hydrogens is 234 g/mol. The first-order valence-corrected chi connectivity index (χ1v) is 5.67. The van der Waals surface area contributed by atoms with E-state index in [-0.39, 0.29) is 0 Å². The van der Waals surface area contributed by atoms with Gasteiger partial charge >= 0.3 is 0 Å². The molecule has 0 fully saturated rings. The Kier molecular flexibility index (Phi) is 3.45. The number of rotatable bonds is 3. The molecule has 0 radical (unpaired) electrons. The SMILES string of the molecule is NC(=O)c1ccccc1Cc1ccccc1Cl. The van der Waals surface area contributed by atoms with E-state index in [1.54, 1.807) is 12.1 Å². The molecule has 0 aliphatic rings. The highest BCUT2D eigenvalue weighted by Gasteiger charge is 2.08. The van der Waals surface area contributed by atoms with Crippen molar-refractivity contribution in [1.29, 1.82) is 0 Å². The number of primary amides is 1. The van der Waals surface area contributed by atoms with Gasteiger partial charge in [-0.15, -0.1) is 0 Å². The monoisotopic (exact) mass is 245 g/mol. The van der Waals surface area contributed by atoms with Gasteiger partial charge in [0.15, 0.2) is 0 Å². The standard InChI is InChI=1S/C14H12ClNO/c15-13-8-4-2-6-11(13)9-10-5-1-3-7-12(10)14(16)17/h1-8H,9H2,(H2,16,17). The number of amides is 1. The van der Waals surface area contributed by atoms with E-state index < -0.39 is 5.91 Å². The van der Waals surface area contributed by atoms with Gasteiger partial charge in [-0.05, 0) is 29.7 Å². The van der Waals surface area contributed by atoms with E-state index in [0.717, 1.165) is 11.1 Å². The summed E-state index contributed by atoms with van der Waals surface area (Å²) in [6.45, 7) is 0. The van der Waals surface area contributed by atoms with Crippen LogP contribution in [0.3, 0.4) is 0 Å². The normalized spacial score (nSPS) is 10.2. The molecule has 0 saturated heterocycles. The average molecular weight is 246 g/mol. The van der Waals surface area contributed by atoms with Gasteiger partial charge in [-0.3, -0.25) is 4.79 Å². The van der Waals surface area contributed by atoms with Crippen LogP contribution < -0.4 is 5.73 Å². The van der Waals surface area contributed by atoms with Crippen LogP contribution in [0.25, 0.3) is 0 Å². The van der Waals surface area contributed by atoms with Gasteiger partial charge in [-0.25, -0.2) is 0 Å². The number of carbonyl (C=O) groups is 1. The zero-order chi connectivity index (χ0) is 12.3. The molecule has 0 bridgehead atoms. The van der Waals surface area contributed by atoms with E-state index in [9.17, 15) is 4.79 Å². The van der Waals surface area contributed by atoms with Crippen LogP contribution in [0.1, 0.15) is 21.5 Å². The fourth-order valence-electron chi connectivity index (χ4n) is 1.76. The van der Waals surface area contributed by atoms with Crippen molar-refractivity contribution in [2.45, 2.75) is 6.42 Å². The maximum atomic E-state index is 11.3. The highest BCUT2D eigenvalue weighted by Crippen LogP contribution is 2.20. The Bertz CT molecular complexity index is 551. The molecule has 0 aliphatic carbocycles. The van der Waals surface area contributed by atoms with Gasteiger partial charge in [-0.1, -0.05) is 48.0 Å². The summed E-state index contributed by atoms with van der Waals surface area (Å²) in [4.78, 5) is 11.3. The Morgan fingerprint density at radius 3 is 2.24 bits per heavy atom. The minimum absolute atomic E-state index is 0.410. The first-order valence-electron chi connectivity index (χ1n) is 5.29. The zero-order valence-corrected chi connectivity index (χ0v) is 9.95. The Hall–Kier alpha value is -1.80. The number of hydrogen-bond acceptors (Lipinski definition) is 1. The van der Waals surface area contributed by atoms with Crippen molar-refractivity contribution in [1.82, 2.24) is 0 Å². The summed E-state index contributed by atoms with van der Waals surface area (Å²) < 4.78 is 0. The topological polar surface area (TPSA) is 43.1 Å². The van der Waals surface area contributed by atoms with Crippen LogP contribution in [0, 0.1) is 0 Å². The van der Waals surface area contributed by atoms with E-state index in [4.69, 9.17) is 17.3 Å². The van der Waals surface area contributed by atoms with E-state index in [2.05, 4.69) is 0 Å². The van der Waals surface area contributed by atoms with E-state index in [1.807, 2.05) is 36.4 Å². The largest absolute Gasteiger partial charge is 0.366 e. The summed E-state index contributed by atoms with van der Waals surface area (Å²) in [5, 5.41) is 0.701. The summed E-state index contributed by atoms with van der Waals surface area (Å²) in [6, 6.07) is 14.9. The smallest absolute Gasteiger partial charge is 0.248 e. The number of benzene rings is 2. The fourth-order valence-corrected chi connectivity index (χ4v) is 1.96. The Morgan fingerprint density at radius 2 is 1.59 bits per heavy atom. The van der Waals surface area contributed by atoms with Gasteiger partial charge in [0.25, 0.3) is 0 Å².